The van der Waals surface area contributed by atoms with Gasteiger partial charge in [-0.05, 0) is 38.1 Å². The van der Waals surface area contributed by atoms with Gasteiger partial charge < -0.3 is 10.3 Å². The molecule has 1 saturated carbocycles. The Morgan fingerprint density at radius 2 is 2.40 bits per heavy atom. The first-order valence-corrected chi connectivity index (χ1v) is 5.95. The number of H-pyrrole nitrogens is 1. The number of imidazole rings is 1. The Morgan fingerprint density at radius 3 is 3.00 bits per heavy atom. The van der Waals surface area contributed by atoms with Gasteiger partial charge in [-0.2, -0.15) is 0 Å². The molecule has 0 radical (unpaired) electrons. The highest BCUT2D eigenvalue weighted by atomic mass is 14.9. The highest BCUT2D eigenvalue weighted by Gasteiger charge is 2.20. The zero-order valence-electron chi connectivity index (χ0n) is 9.71. The van der Waals surface area contributed by atoms with Crippen LogP contribution < -0.4 is 5.32 Å². The maximum atomic E-state index is 4.28. The van der Waals surface area contributed by atoms with Crippen LogP contribution in [0.3, 0.4) is 0 Å². The summed E-state index contributed by atoms with van der Waals surface area (Å²) in [6.07, 6.45) is 5.97. The lowest BCUT2D eigenvalue weighted by Gasteiger charge is -2.10. The summed E-state index contributed by atoms with van der Waals surface area (Å²) >= 11 is 0. The Bertz CT molecular complexity index is 306. The fourth-order valence-electron chi connectivity index (χ4n) is 2.47. The van der Waals surface area contributed by atoms with Crippen LogP contribution in [0.4, 0.5) is 0 Å². The molecule has 1 aromatic rings. The number of nitrogens with zero attached hydrogens (tertiary/aromatic N) is 1. The van der Waals surface area contributed by atoms with E-state index in [0.29, 0.717) is 0 Å². The standard InChI is InChI=1S/C12H21N3/c1-9-3-4-11(5-9)6-13-7-12-10(2)14-8-15-12/h8-9,11,13H,3-7H2,1-2H3,(H,14,15). The molecule has 0 saturated heterocycles. The number of aryl methyl sites for hydroxylation is 1. The van der Waals surface area contributed by atoms with Crippen LogP contribution in [-0.4, -0.2) is 16.5 Å². The van der Waals surface area contributed by atoms with Gasteiger partial charge >= 0.3 is 0 Å². The molecule has 3 heteroatoms. The molecule has 2 rings (SSSR count). The van der Waals surface area contributed by atoms with Crippen molar-refractivity contribution >= 4 is 0 Å². The molecule has 3 nitrogen and oxygen atoms in total. The molecular weight excluding hydrogens is 186 g/mol. The first-order valence-electron chi connectivity index (χ1n) is 5.95. The molecule has 1 fully saturated rings. The molecule has 0 aromatic carbocycles. The second-order valence-corrected chi connectivity index (χ2v) is 4.89. The van der Waals surface area contributed by atoms with Gasteiger partial charge in [0.15, 0.2) is 0 Å². The van der Waals surface area contributed by atoms with Crippen LogP contribution in [0.25, 0.3) is 0 Å². The fraction of sp³-hybridized carbons (Fsp3) is 0.750. The number of hydrogen-bond donors (Lipinski definition) is 2. The van der Waals surface area contributed by atoms with Gasteiger partial charge in [-0.3, -0.25) is 0 Å². The smallest absolute Gasteiger partial charge is 0.0925 e. The normalized spacial score (nSPS) is 26.0. The van der Waals surface area contributed by atoms with E-state index in [1.807, 2.05) is 0 Å². The summed E-state index contributed by atoms with van der Waals surface area (Å²) in [5, 5.41) is 3.51. The van der Waals surface area contributed by atoms with Crippen molar-refractivity contribution in [2.75, 3.05) is 6.54 Å². The molecule has 84 valence electrons. The monoisotopic (exact) mass is 207 g/mol. The van der Waals surface area contributed by atoms with Crippen LogP contribution in [0.15, 0.2) is 6.33 Å². The highest BCUT2D eigenvalue weighted by molar-refractivity contribution is 5.07. The molecule has 15 heavy (non-hydrogen) atoms. The molecule has 0 spiro atoms. The average Bonchev–Trinajstić information content (AvgIpc) is 2.77. The molecule has 1 aliphatic rings. The summed E-state index contributed by atoms with van der Waals surface area (Å²) < 4.78 is 0. The Balaban J connectivity index is 1.69. The Kier molecular flexibility index (Phi) is 3.41. The molecule has 1 aliphatic carbocycles. The van der Waals surface area contributed by atoms with Crippen molar-refractivity contribution in [2.45, 2.75) is 39.7 Å². The van der Waals surface area contributed by atoms with Crippen molar-refractivity contribution in [1.82, 2.24) is 15.3 Å². The van der Waals surface area contributed by atoms with E-state index in [9.17, 15) is 0 Å². The number of rotatable bonds is 4. The third-order valence-corrected chi connectivity index (χ3v) is 3.46. The van der Waals surface area contributed by atoms with Crippen molar-refractivity contribution < 1.29 is 0 Å². The SMILES string of the molecule is Cc1[nH]cnc1CNCC1CCC(C)C1. The summed E-state index contributed by atoms with van der Waals surface area (Å²) in [5.74, 6) is 1.82. The van der Waals surface area contributed by atoms with E-state index in [1.54, 1.807) is 6.33 Å². The van der Waals surface area contributed by atoms with Crippen LogP contribution in [0.1, 0.15) is 37.6 Å². The van der Waals surface area contributed by atoms with E-state index in [1.165, 1.54) is 25.0 Å². The Morgan fingerprint density at radius 1 is 1.53 bits per heavy atom. The Labute approximate surface area is 91.7 Å². The zero-order chi connectivity index (χ0) is 10.7. The molecule has 0 amide bonds. The van der Waals surface area contributed by atoms with Crippen molar-refractivity contribution in [2.24, 2.45) is 11.8 Å². The number of aromatic amines is 1. The second kappa shape index (κ2) is 4.79. The van der Waals surface area contributed by atoms with Gasteiger partial charge in [0.2, 0.25) is 0 Å². The lowest BCUT2D eigenvalue weighted by molar-refractivity contribution is 0.469. The minimum absolute atomic E-state index is 0.888. The second-order valence-electron chi connectivity index (χ2n) is 4.89. The third-order valence-electron chi connectivity index (χ3n) is 3.46. The zero-order valence-corrected chi connectivity index (χ0v) is 9.71. The summed E-state index contributed by atoms with van der Waals surface area (Å²) in [6, 6.07) is 0. The van der Waals surface area contributed by atoms with E-state index in [0.717, 1.165) is 30.6 Å². The molecule has 1 aromatic heterocycles. The lowest BCUT2D eigenvalue weighted by Crippen LogP contribution is -2.21. The Hall–Kier alpha value is -0.830. The van der Waals surface area contributed by atoms with Gasteiger partial charge in [0.1, 0.15) is 0 Å². The molecule has 0 bridgehead atoms. The van der Waals surface area contributed by atoms with Crippen molar-refractivity contribution in [3.63, 3.8) is 0 Å². The molecular formula is C12H21N3. The topological polar surface area (TPSA) is 40.7 Å². The predicted octanol–water partition coefficient (Wildman–Crippen LogP) is 2.24. The first-order chi connectivity index (χ1) is 7.25. The van der Waals surface area contributed by atoms with Gasteiger partial charge in [-0.25, -0.2) is 4.98 Å². The van der Waals surface area contributed by atoms with E-state index in [2.05, 4.69) is 29.1 Å². The minimum atomic E-state index is 0.888. The summed E-state index contributed by atoms with van der Waals surface area (Å²) in [6.45, 7) is 6.48. The molecule has 2 atom stereocenters. The van der Waals surface area contributed by atoms with E-state index < -0.39 is 0 Å². The number of nitrogens with one attached hydrogen (secondary N) is 2. The van der Waals surface area contributed by atoms with E-state index in [4.69, 9.17) is 0 Å². The summed E-state index contributed by atoms with van der Waals surface area (Å²) in [4.78, 5) is 7.38. The van der Waals surface area contributed by atoms with Crippen molar-refractivity contribution in [1.29, 1.82) is 0 Å². The molecule has 1 heterocycles. The van der Waals surface area contributed by atoms with Crippen molar-refractivity contribution in [3.05, 3.63) is 17.7 Å². The number of hydrogen-bond acceptors (Lipinski definition) is 2. The van der Waals surface area contributed by atoms with Crippen LogP contribution >= 0.6 is 0 Å². The lowest BCUT2D eigenvalue weighted by atomic mass is 10.1. The summed E-state index contributed by atoms with van der Waals surface area (Å²) in [5.41, 5.74) is 2.34. The maximum absolute atomic E-state index is 4.28. The van der Waals surface area contributed by atoms with Gasteiger partial charge in [0, 0.05) is 12.2 Å². The van der Waals surface area contributed by atoms with Crippen LogP contribution in [0.5, 0.6) is 0 Å². The van der Waals surface area contributed by atoms with Crippen LogP contribution in [0, 0.1) is 18.8 Å². The van der Waals surface area contributed by atoms with Gasteiger partial charge in [-0.1, -0.05) is 13.3 Å². The average molecular weight is 207 g/mol. The highest BCUT2D eigenvalue weighted by Crippen LogP contribution is 2.29. The molecule has 2 N–H and O–H groups in total. The molecule has 2 unspecified atom stereocenters. The number of aromatic nitrogens is 2. The maximum Gasteiger partial charge on any atom is 0.0925 e. The fourth-order valence-corrected chi connectivity index (χ4v) is 2.47. The minimum Gasteiger partial charge on any atom is -0.348 e. The van der Waals surface area contributed by atoms with Crippen LogP contribution in [-0.2, 0) is 6.54 Å². The third kappa shape index (κ3) is 2.81. The first kappa shape index (κ1) is 10.7. The quantitative estimate of drug-likeness (QED) is 0.795. The predicted molar refractivity (Wildman–Crippen MR) is 61.5 cm³/mol. The van der Waals surface area contributed by atoms with Gasteiger partial charge in [0.25, 0.3) is 0 Å². The van der Waals surface area contributed by atoms with Crippen molar-refractivity contribution in [3.8, 4) is 0 Å². The van der Waals surface area contributed by atoms with Gasteiger partial charge in [0.05, 0.1) is 12.0 Å². The van der Waals surface area contributed by atoms with E-state index >= 15 is 0 Å². The largest absolute Gasteiger partial charge is 0.348 e. The van der Waals surface area contributed by atoms with Crippen LogP contribution in [0.2, 0.25) is 0 Å². The van der Waals surface area contributed by atoms with Gasteiger partial charge in [-0.15, -0.1) is 0 Å². The van der Waals surface area contributed by atoms with E-state index in [-0.39, 0.29) is 0 Å². The summed E-state index contributed by atoms with van der Waals surface area (Å²) in [7, 11) is 0. The molecule has 0 aliphatic heterocycles.